The second-order valence-corrected chi connectivity index (χ2v) is 2.78. The first-order valence-corrected chi connectivity index (χ1v) is 4.18. The van der Waals surface area contributed by atoms with Crippen molar-refractivity contribution in [1.29, 1.82) is 0 Å². The number of ether oxygens (including phenoxy) is 1. The number of methoxy groups -OCH3 is 1. The molecule has 0 saturated heterocycles. The predicted octanol–water partition coefficient (Wildman–Crippen LogP) is 2.85. The van der Waals surface area contributed by atoms with Crippen LogP contribution < -0.4 is 4.74 Å². The third-order valence-corrected chi connectivity index (χ3v) is 1.91. The van der Waals surface area contributed by atoms with Crippen LogP contribution in [0.25, 0.3) is 0 Å². The third-order valence-electron chi connectivity index (χ3n) is 1.62. The maximum Gasteiger partial charge on any atom is 0.418 e. The van der Waals surface area contributed by atoms with Gasteiger partial charge in [-0.05, 0) is 5.56 Å². The number of halogens is 4. The van der Waals surface area contributed by atoms with Crippen LogP contribution in [0.2, 0.25) is 0 Å². The van der Waals surface area contributed by atoms with Gasteiger partial charge in [0.05, 0.1) is 12.7 Å². The highest BCUT2D eigenvalue weighted by molar-refractivity contribution is 6.17. The molecule has 0 saturated carbocycles. The van der Waals surface area contributed by atoms with Crippen LogP contribution in [0, 0.1) is 0 Å². The zero-order valence-corrected chi connectivity index (χ0v) is 7.99. The van der Waals surface area contributed by atoms with Crippen molar-refractivity contribution in [1.82, 2.24) is 4.98 Å². The Hall–Kier alpha value is -0.970. The van der Waals surface area contributed by atoms with Gasteiger partial charge in [-0.25, -0.2) is 4.98 Å². The van der Waals surface area contributed by atoms with E-state index in [9.17, 15) is 13.2 Å². The average Bonchev–Trinajstić information content (AvgIpc) is 2.15. The molecule has 1 aromatic heterocycles. The van der Waals surface area contributed by atoms with E-state index < -0.39 is 11.7 Å². The summed E-state index contributed by atoms with van der Waals surface area (Å²) in [6.45, 7) is 0. The first kappa shape index (κ1) is 11.1. The van der Waals surface area contributed by atoms with Crippen molar-refractivity contribution >= 4 is 11.6 Å². The molecule has 14 heavy (non-hydrogen) atoms. The summed E-state index contributed by atoms with van der Waals surface area (Å²) >= 11 is 5.38. The lowest BCUT2D eigenvalue weighted by Crippen LogP contribution is -2.09. The smallest absolute Gasteiger partial charge is 0.418 e. The van der Waals surface area contributed by atoms with Gasteiger partial charge in [0.2, 0.25) is 5.88 Å². The van der Waals surface area contributed by atoms with Gasteiger partial charge in [0.25, 0.3) is 0 Å². The Labute approximate surface area is 83.7 Å². The molecule has 0 spiro atoms. The summed E-state index contributed by atoms with van der Waals surface area (Å²) in [6, 6.07) is 1.18. The molecule has 0 aliphatic heterocycles. The highest BCUT2D eigenvalue weighted by atomic mass is 35.5. The second-order valence-electron chi connectivity index (χ2n) is 2.52. The average molecular weight is 226 g/mol. The molecule has 1 aromatic rings. The Morgan fingerprint density at radius 1 is 1.50 bits per heavy atom. The normalized spacial score (nSPS) is 11.5. The fourth-order valence-electron chi connectivity index (χ4n) is 0.953. The van der Waals surface area contributed by atoms with E-state index in [1.54, 1.807) is 0 Å². The first-order chi connectivity index (χ1) is 6.49. The topological polar surface area (TPSA) is 22.1 Å². The fourth-order valence-corrected chi connectivity index (χ4v) is 1.17. The molecule has 6 heteroatoms. The lowest BCUT2D eigenvalue weighted by molar-refractivity contribution is -0.138. The van der Waals surface area contributed by atoms with E-state index in [2.05, 4.69) is 9.72 Å². The maximum absolute atomic E-state index is 12.3. The summed E-state index contributed by atoms with van der Waals surface area (Å²) in [6.07, 6.45) is -3.71. The highest BCUT2D eigenvalue weighted by Gasteiger charge is 2.33. The second kappa shape index (κ2) is 4.04. The largest absolute Gasteiger partial charge is 0.481 e. The molecular weight excluding hydrogens is 219 g/mol. The molecule has 0 aliphatic carbocycles. The van der Waals surface area contributed by atoms with Crippen LogP contribution in [0.1, 0.15) is 11.1 Å². The minimum Gasteiger partial charge on any atom is -0.481 e. The first-order valence-electron chi connectivity index (χ1n) is 3.65. The molecule has 1 rings (SSSR count). The van der Waals surface area contributed by atoms with Crippen LogP contribution in [0.5, 0.6) is 5.88 Å². The number of pyridine rings is 1. The number of aromatic nitrogens is 1. The van der Waals surface area contributed by atoms with Crippen LogP contribution in [0.15, 0.2) is 12.3 Å². The van der Waals surface area contributed by atoms with Crippen LogP contribution in [0.4, 0.5) is 13.2 Å². The maximum atomic E-state index is 12.3. The number of rotatable bonds is 2. The minimum absolute atomic E-state index is 0.0361. The summed E-state index contributed by atoms with van der Waals surface area (Å²) in [5.74, 6) is -0.109. The lowest BCUT2D eigenvalue weighted by atomic mass is 10.1. The summed E-state index contributed by atoms with van der Waals surface area (Å²) < 4.78 is 41.7. The molecule has 0 unspecified atom stereocenters. The zero-order chi connectivity index (χ0) is 10.8. The van der Waals surface area contributed by atoms with E-state index in [1.807, 2.05) is 0 Å². The summed E-state index contributed by atoms with van der Waals surface area (Å²) in [5.41, 5.74) is -0.862. The van der Waals surface area contributed by atoms with Gasteiger partial charge in [-0.3, -0.25) is 0 Å². The van der Waals surface area contributed by atoms with Gasteiger partial charge in [0, 0.05) is 18.1 Å². The molecule has 0 amide bonds. The molecule has 2 nitrogen and oxygen atoms in total. The molecule has 78 valence electrons. The van der Waals surface area contributed by atoms with E-state index >= 15 is 0 Å². The van der Waals surface area contributed by atoms with Crippen molar-refractivity contribution in [3.8, 4) is 5.88 Å². The SMILES string of the molecule is COc1cc(CCl)c(C(F)(F)F)cn1. The van der Waals surface area contributed by atoms with Crippen molar-refractivity contribution in [3.63, 3.8) is 0 Å². The third kappa shape index (κ3) is 2.29. The molecule has 0 bridgehead atoms. The molecule has 0 fully saturated rings. The molecule has 0 aliphatic rings. The summed E-state index contributed by atoms with van der Waals surface area (Å²) in [4.78, 5) is 3.47. The molecule has 1 heterocycles. The Balaban J connectivity index is 3.18. The van der Waals surface area contributed by atoms with Gasteiger partial charge in [-0.1, -0.05) is 0 Å². The van der Waals surface area contributed by atoms with Crippen LogP contribution >= 0.6 is 11.6 Å². The molecule has 0 atom stereocenters. The van der Waals surface area contributed by atoms with Crippen LogP contribution in [0.3, 0.4) is 0 Å². The minimum atomic E-state index is -4.43. The van der Waals surface area contributed by atoms with E-state index in [0.29, 0.717) is 0 Å². The fraction of sp³-hybridized carbons (Fsp3) is 0.375. The molecular formula is C8H7ClF3NO. The van der Waals surface area contributed by atoms with Crippen LogP contribution in [-0.2, 0) is 12.1 Å². The molecule has 0 aromatic carbocycles. The van der Waals surface area contributed by atoms with E-state index in [0.717, 1.165) is 6.20 Å². The van der Waals surface area contributed by atoms with Crippen molar-refractivity contribution in [2.24, 2.45) is 0 Å². The predicted molar refractivity (Wildman–Crippen MR) is 45.3 cm³/mol. The van der Waals surface area contributed by atoms with E-state index in [1.165, 1.54) is 13.2 Å². The van der Waals surface area contributed by atoms with Gasteiger partial charge >= 0.3 is 6.18 Å². The molecule has 0 radical (unpaired) electrons. The van der Waals surface area contributed by atoms with Gasteiger partial charge in [-0.2, -0.15) is 13.2 Å². The van der Waals surface area contributed by atoms with Gasteiger partial charge in [0.1, 0.15) is 0 Å². The standard InChI is InChI=1S/C8H7ClF3NO/c1-14-7-2-5(3-9)6(4-13-7)8(10,11)12/h2,4H,3H2,1H3. The Kier molecular flexibility index (Phi) is 3.21. The number of nitrogens with zero attached hydrogens (tertiary/aromatic N) is 1. The summed E-state index contributed by atoms with van der Waals surface area (Å²) in [7, 11) is 1.33. The lowest BCUT2D eigenvalue weighted by Gasteiger charge is -2.11. The summed E-state index contributed by atoms with van der Waals surface area (Å²) in [5, 5.41) is 0. The number of hydrogen-bond donors (Lipinski definition) is 0. The van der Waals surface area contributed by atoms with Crippen molar-refractivity contribution in [2.45, 2.75) is 12.1 Å². The van der Waals surface area contributed by atoms with E-state index in [-0.39, 0.29) is 17.3 Å². The molecule has 0 N–H and O–H groups in total. The Bertz CT molecular complexity index is 327. The quantitative estimate of drug-likeness (QED) is 0.722. The van der Waals surface area contributed by atoms with Gasteiger partial charge in [-0.15, -0.1) is 11.6 Å². The monoisotopic (exact) mass is 225 g/mol. The Morgan fingerprint density at radius 3 is 2.57 bits per heavy atom. The van der Waals surface area contributed by atoms with Gasteiger partial charge in [0.15, 0.2) is 0 Å². The highest BCUT2D eigenvalue weighted by Crippen LogP contribution is 2.33. The number of alkyl halides is 4. The number of hydrogen-bond acceptors (Lipinski definition) is 2. The van der Waals surface area contributed by atoms with Crippen molar-refractivity contribution in [3.05, 3.63) is 23.4 Å². The Morgan fingerprint density at radius 2 is 2.14 bits per heavy atom. The van der Waals surface area contributed by atoms with Crippen molar-refractivity contribution in [2.75, 3.05) is 7.11 Å². The van der Waals surface area contributed by atoms with Gasteiger partial charge < -0.3 is 4.74 Å². The van der Waals surface area contributed by atoms with Crippen LogP contribution in [-0.4, -0.2) is 12.1 Å². The van der Waals surface area contributed by atoms with E-state index in [4.69, 9.17) is 11.6 Å². The zero-order valence-electron chi connectivity index (χ0n) is 7.23. The van der Waals surface area contributed by atoms with Crippen molar-refractivity contribution < 1.29 is 17.9 Å².